The van der Waals surface area contributed by atoms with E-state index in [9.17, 15) is 0 Å². The zero-order valence-corrected chi connectivity index (χ0v) is 35.0. The Morgan fingerprint density at radius 1 is 0.250 bits per heavy atom. The average Bonchev–Trinajstić information content (AvgIpc) is 3.75. The van der Waals surface area contributed by atoms with E-state index in [0.29, 0.717) is 0 Å². The second-order valence-corrected chi connectivity index (χ2v) is 16.5. The fourth-order valence-corrected chi connectivity index (χ4v) is 9.37. The van der Waals surface area contributed by atoms with E-state index in [0.717, 1.165) is 61.3 Å². The fraction of sp³-hybridized carbons (Fsp3) is 0. The molecule has 2 heteroatoms. The summed E-state index contributed by atoms with van der Waals surface area (Å²) >= 11 is 0. The largest absolute Gasteiger partial charge is 0.455 e. The van der Waals surface area contributed by atoms with Gasteiger partial charge >= 0.3 is 0 Å². The van der Waals surface area contributed by atoms with E-state index in [1.54, 1.807) is 0 Å². The van der Waals surface area contributed by atoms with Gasteiger partial charge in [0.2, 0.25) is 0 Å². The third kappa shape index (κ3) is 6.79. The van der Waals surface area contributed by atoms with Gasteiger partial charge in [0.15, 0.2) is 0 Å². The summed E-state index contributed by atoms with van der Waals surface area (Å²) in [5.41, 5.74) is 16.8. The van der Waals surface area contributed by atoms with Gasteiger partial charge in [-0.05, 0) is 132 Å². The zero-order chi connectivity index (χ0) is 42.4. The number of para-hydroxylation sites is 1. The number of benzene rings is 11. The average molecular weight is 816 g/mol. The molecule has 0 aliphatic heterocycles. The van der Waals surface area contributed by atoms with Crippen molar-refractivity contribution in [3.05, 3.63) is 249 Å². The van der Waals surface area contributed by atoms with Gasteiger partial charge in [-0.25, -0.2) is 0 Å². The lowest BCUT2D eigenvalue weighted by Gasteiger charge is -2.26. The molecule has 12 rings (SSSR count). The normalized spacial score (nSPS) is 11.4. The summed E-state index contributed by atoms with van der Waals surface area (Å²) in [6.45, 7) is 0. The van der Waals surface area contributed by atoms with Gasteiger partial charge in [-0.3, -0.25) is 0 Å². The molecule has 0 spiro atoms. The highest BCUT2D eigenvalue weighted by Crippen LogP contribution is 2.41. The first-order valence-corrected chi connectivity index (χ1v) is 21.9. The quantitative estimate of drug-likeness (QED) is 0.152. The molecule has 0 unspecified atom stereocenters. The van der Waals surface area contributed by atoms with Crippen LogP contribution in [0.25, 0.3) is 99.1 Å². The molecular formula is C62H41NO. The van der Waals surface area contributed by atoms with E-state index in [-0.39, 0.29) is 0 Å². The maximum absolute atomic E-state index is 6.51. The Balaban J connectivity index is 0.916. The van der Waals surface area contributed by atoms with Crippen molar-refractivity contribution in [2.24, 2.45) is 0 Å². The molecule has 0 atom stereocenters. The summed E-state index contributed by atoms with van der Waals surface area (Å²) in [5.74, 6) is 0. The number of hydrogen-bond donors (Lipinski definition) is 0. The molecule has 0 radical (unpaired) electrons. The van der Waals surface area contributed by atoms with Gasteiger partial charge in [-0.1, -0.05) is 188 Å². The predicted molar refractivity (Wildman–Crippen MR) is 271 cm³/mol. The Labute approximate surface area is 372 Å². The van der Waals surface area contributed by atoms with Gasteiger partial charge in [0.1, 0.15) is 11.2 Å². The highest BCUT2D eigenvalue weighted by atomic mass is 16.3. The van der Waals surface area contributed by atoms with Crippen LogP contribution in [0.5, 0.6) is 0 Å². The van der Waals surface area contributed by atoms with Gasteiger partial charge in [-0.15, -0.1) is 0 Å². The second kappa shape index (κ2) is 15.8. The van der Waals surface area contributed by atoms with Gasteiger partial charge < -0.3 is 9.32 Å². The standard InChI is InChI=1S/C62H41NO/c1-3-11-42(12-4-1)51-24-22-47-17-9-18-56(59(47)40-51)48-29-36-55(37-30-48)63(53-32-25-44(26-33-53)50-23-21-43-13-7-8-16-49(43)39-50)54-34-27-45(28-35-54)52-31-38-61-60(41-52)58-20-10-19-57(62(58)64-61)46-14-5-2-6-15-46/h1-41H. The molecule has 0 N–H and O–H groups in total. The van der Waals surface area contributed by atoms with Gasteiger partial charge in [-0.2, -0.15) is 0 Å². The Kier molecular flexibility index (Phi) is 9.20. The molecule has 1 aromatic heterocycles. The Bertz CT molecular complexity index is 3630. The first-order chi connectivity index (χ1) is 31.7. The summed E-state index contributed by atoms with van der Waals surface area (Å²) in [7, 11) is 0. The number of anilines is 3. The van der Waals surface area contributed by atoms with Crippen LogP contribution in [-0.2, 0) is 0 Å². The summed E-state index contributed by atoms with van der Waals surface area (Å²) < 4.78 is 6.51. The van der Waals surface area contributed by atoms with Crippen LogP contribution in [-0.4, -0.2) is 0 Å². The van der Waals surface area contributed by atoms with Gasteiger partial charge in [0.25, 0.3) is 0 Å². The maximum Gasteiger partial charge on any atom is 0.143 e. The summed E-state index contributed by atoms with van der Waals surface area (Å²) in [4.78, 5) is 2.35. The van der Waals surface area contributed by atoms with Crippen LogP contribution >= 0.6 is 0 Å². The molecule has 0 amide bonds. The molecule has 11 aromatic carbocycles. The van der Waals surface area contributed by atoms with Crippen LogP contribution in [0, 0.1) is 0 Å². The predicted octanol–water partition coefficient (Wildman–Crippen LogP) is 17.7. The van der Waals surface area contributed by atoms with Crippen molar-refractivity contribution < 1.29 is 4.42 Å². The molecule has 12 aromatic rings. The van der Waals surface area contributed by atoms with Crippen LogP contribution < -0.4 is 4.90 Å². The molecule has 0 aliphatic rings. The van der Waals surface area contributed by atoms with Crippen molar-refractivity contribution in [1.29, 1.82) is 0 Å². The molecule has 0 bridgehead atoms. The van der Waals surface area contributed by atoms with Crippen molar-refractivity contribution >= 4 is 60.5 Å². The number of fused-ring (bicyclic) bond motifs is 5. The van der Waals surface area contributed by atoms with Crippen LogP contribution in [0.4, 0.5) is 17.1 Å². The minimum atomic E-state index is 0.889. The van der Waals surface area contributed by atoms with Crippen molar-refractivity contribution in [1.82, 2.24) is 0 Å². The van der Waals surface area contributed by atoms with Crippen LogP contribution in [0.1, 0.15) is 0 Å². The van der Waals surface area contributed by atoms with E-state index in [2.05, 4.69) is 248 Å². The molecular weight excluding hydrogens is 775 g/mol. The van der Waals surface area contributed by atoms with Crippen LogP contribution in [0.2, 0.25) is 0 Å². The smallest absolute Gasteiger partial charge is 0.143 e. The summed E-state index contributed by atoms with van der Waals surface area (Å²) in [6.07, 6.45) is 0. The molecule has 64 heavy (non-hydrogen) atoms. The topological polar surface area (TPSA) is 16.4 Å². The highest BCUT2D eigenvalue weighted by Gasteiger charge is 2.17. The van der Waals surface area contributed by atoms with Crippen molar-refractivity contribution in [3.8, 4) is 55.6 Å². The first kappa shape index (κ1) is 37.3. The molecule has 2 nitrogen and oxygen atoms in total. The minimum Gasteiger partial charge on any atom is -0.455 e. The van der Waals surface area contributed by atoms with Crippen molar-refractivity contribution in [2.45, 2.75) is 0 Å². The van der Waals surface area contributed by atoms with Crippen LogP contribution in [0.15, 0.2) is 253 Å². The summed E-state index contributed by atoms with van der Waals surface area (Å²) in [6, 6.07) is 89.6. The van der Waals surface area contributed by atoms with E-state index in [1.165, 1.54) is 54.9 Å². The lowest BCUT2D eigenvalue weighted by Crippen LogP contribution is -2.09. The van der Waals surface area contributed by atoms with Crippen molar-refractivity contribution in [2.75, 3.05) is 4.90 Å². The van der Waals surface area contributed by atoms with E-state index >= 15 is 0 Å². The summed E-state index contributed by atoms with van der Waals surface area (Å²) in [5, 5.41) is 7.20. The third-order valence-corrected chi connectivity index (χ3v) is 12.7. The number of furan rings is 1. The molecule has 0 saturated heterocycles. The molecule has 1 heterocycles. The van der Waals surface area contributed by atoms with Crippen molar-refractivity contribution in [3.63, 3.8) is 0 Å². The molecule has 0 aliphatic carbocycles. The molecule has 300 valence electrons. The van der Waals surface area contributed by atoms with E-state index in [4.69, 9.17) is 4.42 Å². The first-order valence-electron chi connectivity index (χ1n) is 21.9. The maximum atomic E-state index is 6.51. The van der Waals surface area contributed by atoms with E-state index in [1.807, 2.05) is 6.07 Å². The Morgan fingerprint density at radius 3 is 1.38 bits per heavy atom. The second-order valence-electron chi connectivity index (χ2n) is 16.5. The number of rotatable bonds is 8. The molecule has 0 saturated carbocycles. The van der Waals surface area contributed by atoms with Crippen LogP contribution in [0.3, 0.4) is 0 Å². The lowest BCUT2D eigenvalue weighted by molar-refractivity contribution is 0.670. The lowest BCUT2D eigenvalue weighted by atomic mass is 9.94. The Morgan fingerprint density at radius 2 is 0.703 bits per heavy atom. The van der Waals surface area contributed by atoms with Gasteiger partial charge in [0, 0.05) is 33.4 Å². The third-order valence-electron chi connectivity index (χ3n) is 12.7. The molecule has 0 fully saturated rings. The highest BCUT2D eigenvalue weighted by molar-refractivity contribution is 6.10. The number of nitrogens with zero attached hydrogens (tertiary/aromatic N) is 1. The number of hydrogen-bond acceptors (Lipinski definition) is 2. The monoisotopic (exact) mass is 815 g/mol. The zero-order valence-electron chi connectivity index (χ0n) is 35.0. The van der Waals surface area contributed by atoms with E-state index < -0.39 is 0 Å². The SMILES string of the molecule is c1ccc(-c2ccc3cccc(-c4ccc(N(c5ccc(-c6ccc7ccccc7c6)cc5)c5ccc(-c6ccc7oc8c(-c9ccccc9)cccc8c7c6)cc5)cc4)c3c2)cc1. The minimum absolute atomic E-state index is 0.889. The fourth-order valence-electron chi connectivity index (χ4n) is 9.37. The van der Waals surface area contributed by atoms with Gasteiger partial charge in [0.05, 0.1) is 0 Å². The Hall–Kier alpha value is -8.46.